The summed E-state index contributed by atoms with van der Waals surface area (Å²) in [5.41, 5.74) is 6.04. The molecule has 0 bridgehead atoms. The predicted molar refractivity (Wildman–Crippen MR) is 98.4 cm³/mol. The van der Waals surface area contributed by atoms with Gasteiger partial charge in [0, 0.05) is 11.6 Å². The molecular formula is C17H18N3O8+. The van der Waals surface area contributed by atoms with Crippen LogP contribution in [0.2, 0.25) is 0 Å². The van der Waals surface area contributed by atoms with Crippen LogP contribution in [0.4, 0.5) is 17.1 Å². The molecule has 11 heteroatoms. The molecule has 2 N–H and O–H groups in total. The molecule has 2 aliphatic rings. The van der Waals surface area contributed by atoms with Gasteiger partial charge in [0.25, 0.3) is 11.4 Å². The first kappa shape index (κ1) is 19.0. The first-order chi connectivity index (χ1) is 13.4. The van der Waals surface area contributed by atoms with E-state index in [2.05, 4.69) is 0 Å². The second kappa shape index (κ2) is 7.86. The van der Waals surface area contributed by atoms with Crippen molar-refractivity contribution in [3.8, 4) is 23.0 Å². The molecule has 2 heterocycles. The van der Waals surface area contributed by atoms with E-state index in [1.54, 1.807) is 13.0 Å². The molecule has 0 spiro atoms. The maximum atomic E-state index is 10.6. The fraction of sp³-hybridized carbons (Fsp3) is 0.294. The van der Waals surface area contributed by atoms with Gasteiger partial charge in [0.2, 0.25) is 0 Å². The molecule has 0 fully saturated rings. The molecule has 148 valence electrons. The second-order valence-electron chi connectivity index (χ2n) is 5.85. The van der Waals surface area contributed by atoms with Gasteiger partial charge in [0.05, 0.1) is 22.0 Å². The number of benzene rings is 2. The predicted octanol–water partition coefficient (Wildman–Crippen LogP) is 2.74. The van der Waals surface area contributed by atoms with Crippen LogP contribution in [0.5, 0.6) is 23.0 Å². The molecule has 0 saturated heterocycles. The van der Waals surface area contributed by atoms with Gasteiger partial charge in [-0.25, -0.2) is 0 Å². The topological polar surface area (TPSA) is 149 Å². The van der Waals surface area contributed by atoms with Crippen molar-refractivity contribution in [2.24, 2.45) is 0 Å². The Morgan fingerprint density at radius 1 is 0.786 bits per heavy atom. The monoisotopic (exact) mass is 392 g/mol. The normalized spacial score (nSPS) is 13.8. The standard InChI is InChI=1S/C9H9NO4.C8H8N2O4/c1-6-4-8-9(14-3-2-13-8)5-7(6)10(11)12;9-5-3-7-8(14-2-1-13-7)4-6(5)10(11)12/h4-5H,2-3H2,1H3;3-4H,1-2,9H2/p+1. The Kier molecular flexibility index (Phi) is 5.34. The number of nitrogen functional groups attached to an aromatic ring is 1. The number of nitro benzene ring substituents is 2. The minimum atomic E-state index is -0.548. The summed E-state index contributed by atoms with van der Waals surface area (Å²) < 4.78 is 20.9. The number of fused-ring (bicyclic) bond motifs is 2. The van der Waals surface area contributed by atoms with Gasteiger partial charge >= 0.3 is 1.43 Å². The Morgan fingerprint density at radius 3 is 1.64 bits per heavy atom. The van der Waals surface area contributed by atoms with Crippen LogP contribution in [-0.2, 0) is 0 Å². The molecule has 4 rings (SSSR count). The summed E-state index contributed by atoms with van der Waals surface area (Å²) in [7, 11) is 0. The lowest BCUT2D eigenvalue weighted by Crippen LogP contribution is -2.15. The maximum absolute atomic E-state index is 10.6. The number of hydrogen-bond donors (Lipinski definition) is 1. The minimum absolute atomic E-state index is 0. The van der Waals surface area contributed by atoms with Gasteiger partial charge in [0.15, 0.2) is 23.0 Å². The summed E-state index contributed by atoms with van der Waals surface area (Å²) in [6.45, 7) is 3.44. The summed E-state index contributed by atoms with van der Waals surface area (Å²) in [6.07, 6.45) is 0. The minimum Gasteiger partial charge on any atom is -0.486 e. The van der Waals surface area contributed by atoms with Gasteiger partial charge in [-0.2, -0.15) is 0 Å². The number of aryl methyl sites for hydroxylation is 1. The Balaban J connectivity index is 0.000000200. The average molecular weight is 392 g/mol. The van der Waals surface area contributed by atoms with E-state index in [1.165, 1.54) is 18.2 Å². The van der Waals surface area contributed by atoms with E-state index in [1.807, 2.05) is 0 Å². The lowest BCUT2D eigenvalue weighted by atomic mass is 10.2. The van der Waals surface area contributed by atoms with Crippen LogP contribution in [0, 0.1) is 27.2 Å². The average Bonchev–Trinajstić information content (AvgIpc) is 2.67. The van der Waals surface area contributed by atoms with Crippen molar-refractivity contribution in [3.63, 3.8) is 0 Å². The van der Waals surface area contributed by atoms with Crippen LogP contribution >= 0.6 is 0 Å². The van der Waals surface area contributed by atoms with Crippen LogP contribution < -0.4 is 24.7 Å². The van der Waals surface area contributed by atoms with Crippen LogP contribution in [0.15, 0.2) is 24.3 Å². The molecule has 0 amide bonds. The van der Waals surface area contributed by atoms with E-state index in [4.69, 9.17) is 24.7 Å². The lowest BCUT2D eigenvalue weighted by molar-refractivity contribution is -0.385. The molecule has 0 aliphatic carbocycles. The highest BCUT2D eigenvalue weighted by atomic mass is 16.6. The highest BCUT2D eigenvalue weighted by Gasteiger charge is 2.21. The van der Waals surface area contributed by atoms with E-state index >= 15 is 0 Å². The van der Waals surface area contributed by atoms with Crippen LogP contribution in [0.1, 0.15) is 6.99 Å². The Labute approximate surface area is 160 Å². The number of anilines is 1. The molecule has 0 atom stereocenters. The van der Waals surface area contributed by atoms with Gasteiger partial charge in [-0.3, -0.25) is 20.2 Å². The first-order valence-electron chi connectivity index (χ1n) is 8.25. The Hall–Kier alpha value is -3.76. The summed E-state index contributed by atoms with van der Waals surface area (Å²) in [5, 5.41) is 21.2. The summed E-state index contributed by atoms with van der Waals surface area (Å²) in [6, 6.07) is 5.73. The van der Waals surface area contributed by atoms with Crippen molar-refractivity contribution in [2.45, 2.75) is 6.92 Å². The van der Waals surface area contributed by atoms with Gasteiger partial charge in [-0.15, -0.1) is 0 Å². The van der Waals surface area contributed by atoms with Gasteiger partial charge < -0.3 is 24.7 Å². The summed E-state index contributed by atoms with van der Waals surface area (Å²) >= 11 is 0. The van der Waals surface area contributed by atoms with Gasteiger partial charge in [-0.05, 0) is 13.0 Å². The third kappa shape index (κ3) is 3.98. The van der Waals surface area contributed by atoms with Crippen LogP contribution in [0.25, 0.3) is 0 Å². The number of hydrogen-bond acceptors (Lipinski definition) is 9. The highest BCUT2D eigenvalue weighted by Crippen LogP contribution is 2.38. The van der Waals surface area contributed by atoms with Crippen molar-refractivity contribution in [3.05, 3.63) is 50.1 Å². The van der Waals surface area contributed by atoms with E-state index in [0.717, 1.165) is 0 Å². The fourth-order valence-electron chi connectivity index (χ4n) is 2.63. The quantitative estimate of drug-likeness (QED) is 0.462. The third-order valence-electron chi connectivity index (χ3n) is 3.95. The SMILES string of the molecule is Cc1cc2c(cc1[N+](=O)[O-])OCCO2.Nc1cc2c(cc1[N+](=O)[O-])OCCO2.[H+]. The van der Waals surface area contributed by atoms with Gasteiger partial charge in [-0.1, -0.05) is 0 Å². The lowest BCUT2D eigenvalue weighted by Gasteiger charge is -2.18. The molecule has 0 radical (unpaired) electrons. The smallest absolute Gasteiger partial charge is 0.486 e. The molecule has 2 aromatic rings. The zero-order valence-electron chi connectivity index (χ0n) is 15.9. The zero-order valence-corrected chi connectivity index (χ0v) is 14.9. The first-order valence-corrected chi connectivity index (χ1v) is 8.25. The van der Waals surface area contributed by atoms with Crippen LogP contribution in [-0.4, -0.2) is 36.3 Å². The number of ether oxygens (including phenoxy) is 4. The zero-order chi connectivity index (χ0) is 20.3. The van der Waals surface area contributed by atoms with Crippen molar-refractivity contribution in [1.29, 1.82) is 0 Å². The van der Waals surface area contributed by atoms with E-state index in [-0.39, 0.29) is 18.5 Å². The van der Waals surface area contributed by atoms with Crippen LogP contribution in [0.3, 0.4) is 0 Å². The van der Waals surface area contributed by atoms with Crippen molar-refractivity contribution >= 4 is 17.1 Å². The Bertz CT molecular complexity index is 862. The molecule has 0 aromatic heterocycles. The van der Waals surface area contributed by atoms with Crippen molar-refractivity contribution < 1.29 is 30.2 Å². The number of nitrogens with two attached hydrogens (primary N) is 1. The number of nitro groups is 2. The fourth-order valence-corrected chi connectivity index (χ4v) is 2.63. The molecule has 2 aromatic carbocycles. The third-order valence-corrected chi connectivity index (χ3v) is 3.95. The number of nitrogens with zero attached hydrogens (tertiary/aromatic N) is 2. The van der Waals surface area contributed by atoms with Gasteiger partial charge in [0.1, 0.15) is 32.1 Å². The molecule has 0 saturated carbocycles. The highest BCUT2D eigenvalue weighted by molar-refractivity contribution is 5.66. The summed E-state index contributed by atoms with van der Waals surface area (Å²) in [4.78, 5) is 20.2. The Morgan fingerprint density at radius 2 is 1.18 bits per heavy atom. The van der Waals surface area contributed by atoms with E-state index < -0.39 is 9.85 Å². The maximum Gasteiger partial charge on any atom is 1.00 e. The molecule has 28 heavy (non-hydrogen) atoms. The van der Waals surface area contributed by atoms with E-state index in [9.17, 15) is 20.2 Å². The van der Waals surface area contributed by atoms with Crippen molar-refractivity contribution in [2.75, 3.05) is 32.2 Å². The van der Waals surface area contributed by atoms with E-state index in [0.29, 0.717) is 55.0 Å². The van der Waals surface area contributed by atoms with Crippen molar-refractivity contribution in [1.82, 2.24) is 0 Å². The largest absolute Gasteiger partial charge is 1.00 e. The molecule has 0 unspecified atom stereocenters. The second-order valence-corrected chi connectivity index (χ2v) is 5.85. The summed E-state index contributed by atoms with van der Waals surface area (Å²) in [5.74, 6) is 1.87. The molecule has 11 nitrogen and oxygen atoms in total. The molecule has 2 aliphatic heterocycles. The number of rotatable bonds is 2. The molecular weight excluding hydrogens is 374 g/mol.